The van der Waals surface area contributed by atoms with Crippen molar-refractivity contribution in [2.24, 2.45) is 5.73 Å². The average Bonchev–Trinajstić information content (AvgIpc) is 2.40. The van der Waals surface area contributed by atoms with Crippen LogP contribution in [0.15, 0.2) is 40.9 Å². The van der Waals surface area contributed by atoms with Crippen molar-refractivity contribution in [1.82, 2.24) is 0 Å². The van der Waals surface area contributed by atoms with Gasteiger partial charge in [0.05, 0.1) is 16.3 Å². The van der Waals surface area contributed by atoms with Crippen LogP contribution >= 0.6 is 39.7 Å². The highest BCUT2D eigenvalue weighted by Gasteiger charge is 2.16. The van der Waals surface area contributed by atoms with Gasteiger partial charge in [-0.15, -0.1) is 0 Å². The van der Waals surface area contributed by atoms with Gasteiger partial charge in [0, 0.05) is 10.0 Å². The van der Waals surface area contributed by atoms with E-state index < -0.39 is 11.7 Å². The van der Waals surface area contributed by atoms with Gasteiger partial charge in [-0.25, -0.2) is 4.39 Å². The topological polar surface area (TPSA) is 55.1 Å². The first-order valence-electron chi connectivity index (χ1n) is 5.75. The molecule has 2 aromatic carbocycles. The summed E-state index contributed by atoms with van der Waals surface area (Å²) in [4.78, 5) is 12.3. The third kappa shape index (κ3) is 3.58. The predicted octanol–water partition coefficient (Wildman–Crippen LogP) is 4.13. The van der Waals surface area contributed by atoms with Gasteiger partial charge < -0.3 is 11.1 Å². The highest BCUT2D eigenvalue weighted by atomic mass is 79.9. The van der Waals surface area contributed by atoms with Gasteiger partial charge in [-0.3, -0.25) is 4.79 Å². The molecule has 2 aromatic rings. The largest absolute Gasteiger partial charge is 0.389 e. The standard InChI is InChI=1S/C14H9BrClFN2OS/c15-8-2-1-3-10(17)12(8)14(20)19-11-5-4-7(13(18)21)6-9(11)16/h1-6H,(H2,18,21)(H,19,20). The Balaban J connectivity index is 2.30. The van der Waals surface area contributed by atoms with Gasteiger partial charge in [-0.2, -0.15) is 0 Å². The maximum absolute atomic E-state index is 13.7. The lowest BCUT2D eigenvalue weighted by molar-refractivity contribution is 0.102. The molecule has 0 aliphatic carbocycles. The maximum Gasteiger partial charge on any atom is 0.259 e. The molecule has 2 rings (SSSR count). The van der Waals surface area contributed by atoms with Crippen molar-refractivity contribution in [3.63, 3.8) is 0 Å². The molecule has 7 heteroatoms. The van der Waals surface area contributed by atoms with E-state index in [4.69, 9.17) is 29.6 Å². The van der Waals surface area contributed by atoms with Crippen LogP contribution in [-0.2, 0) is 0 Å². The van der Waals surface area contributed by atoms with E-state index in [-0.39, 0.29) is 15.6 Å². The van der Waals surface area contributed by atoms with Crippen molar-refractivity contribution in [1.29, 1.82) is 0 Å². The van der Waals surface area contributed by atoms with Crippen molar-refractivity contribution in [3.05, 3.63) is 62.8 Å². The molecular weight excluding hydrogens is 379 g/mol. The molecule has 108 valence electrons. The lowest BCUT2D eigenvalue weighted by atomic mass is 10.1. The van der Waals surface area contributed by atoms with Gasteiger partial charge in [0.2, 0.25) is 0 Å². The van der Waals surface area contributed by atoms with Gasteiger partial charge in [0.1, 0.15) is 10.8 Å². The zero-order chi connectivity index (χ0) is 15.6. The van der Waals surface area contributed by atoms with Crippen molar-refractivity contribution >= 4 is 56.3 Å². The number of thiocarbonyl (C=S) groups is 1. The van der Waals surface area contributed by atoms with E-state index >= 15 is 0 Å². The van der Waals surface area contributed by atoms with Crippen LogP contribution in [0, 0.1) is 5.82 Å². The minimum Gasteiger partial charge on any atom is -0.389 e. The number of nitrogens with one attached hydrogen (secondary N) is 1. The summed E-state index contributed by atoms with van der Waals surface area (Å²) in [6, 6.07) is 9.01. The number of carbonyl (C=O) groups is 1. The van der Waals surface area contributed by atoms with E-state index in [1.54, 1.807) is 18.2 Å². The summed E-state index contributed by atoms with van der Waals surface area (Å²) in [6.07, 6.45) is 0. The normalized spacial score (nSPS) is 10.2. The van der Waals surface area contributed by atoms with Crippen LogP contribution in [0.25, 0.3) is 0 Å². The summed E-state index contributed by atoms with van der Waals surface area (Å²) in [7, 11) is 0. The first-order valence-corrected chi connectivity index (χ1v) is 7.33. The summed E-state index contributed by atoms with van der Waals surface area (Å²) >= 11 is 14.0. The van der Waals surface area contributed by atoms with Gasteiger partial charge >= 0.3 is 0 Å². The fourth-order valence-corrected chi connectivity index (χ4v) is 2.55. The molecule has 1 amide bonds. The molecule has 3 N–H and O–H groups in total. The van der Waals surface area contributed by atoms with E-state index in [1.165, 1.54) is 18.2 Å². The van der Waals surface area contributed by atoms with Crippen LogP contribution in [0.5, 0.6) is 0 Å². The Morgan fingerprint density at radius 3 is 2.62 bits per heavy atom. The first kappa shape index (κ1) is 15.9. The quantitative estimate of drug-likeness (QED) is 0.779. The zero-order valence-corrected chi connectivity index (χ0v) is 13.7. The highest BCUT2D eigenvalue weighted by molar-refractivity contribution is 9.10. The van der Waals surface area contributed by atoms with Gasteiger partial charge in [0.15, 0.2) is 0 Å². The van der Waals surface area contributed by atoms with E-state index in [1.807, 2.05) is 0 Å². The number of halogens is 3. The summed E-state index contributed by atoms with van der Waals surface area (Å²) in [5.41, 5.74) is 6.33. The van der Waals surface area contributed by atoms with Crippen LogP contribution < -0.4 is 11.1 Å². The summed E-state index contributed by atoms with van der Waals surface area (Å²) in [5, 5.41) is 2.81. The Kier molecular flexibility index (Phi) is 4.92. The maximum atomic E-state index is 13.7. The molecule has 0 fully saturated rings. The SMILES string of the molecule is NC(=S)c1ccc(NC(=O)c2c(F)cccc2Br)c(Cl)c1. The molecule has 0 saturated carbocycles. The summed E-state index contributed by atoms with van der Waals surface area (Å²) in [6.45, 7) is 0. The number of carbonyl (C=O) groups excluding carboxylic acids is 1. The van der Waals surface area contributed by atoms with Gasteiger partial charge in [-0.05, 0) is 46.3 Å². The summed E-state index contributed by atoms with van der Waals surface area (Å²) < 4.78 is 14.1. The fraction of sp³-hybridized carbons (Fsp3) is 0. The molecule has 0 atom stereocenters. The second kappa shape index (κ2) is 6.51. The van der Waals surface area contributed by atoms with Crippen molar-refractivity contribution in [2.75, 3.05) is 5.32 Å². The molecule has 0 spiro atoms. The molecule has 0 saturated heterocycles. The van der Waals surface area contributed by atoms with Crippen LogP contribution in [-0.4, -0.2) is 10.9 Å². The Morgan fingerprint density at radius 2 is 2.05 bits per heavy atom. The third-order valence-corrected chi connectivity index (χ3v) is 3.90. The zero-order valence-electron chi connectivity index (χ0n) is 10.5. The smallest absolute Gasteiger partial charge is 0.259 e. The monoisotopic (exact) mass is 386 g/mol. The molecule has 0 unspecified atom stereocenters. The number of benzene rings is 2. The molecule has 0 aromatic heterocycles. The molecular formula is C14H9BrClFN2OS. The minimum absolute atomic E-state index is 0.0908. The molecule has 0 radical (unpaired) electrons. The van der Waals surface area contributed by atoms with Crippen molar-refractivity contribution < 1.29 is 9.18 Å². The molecule has 0 aliphatic heterocycles. The minimum atomic E-state index is -0.627. The Bertz CT molecular complexity index is 719. The number of amides is 1. The second-order valence-corrected chi connectivity index (χ2v) is 5.81. The van der Waals surface area contributed by atoms with Crippen LogP contribution in [0.3, 0.4) is 0 Å². The van der Waals surface area contributed by atoms with E-state index in [0.29, 0.717) is 15.7 Å². The van der Waals surface area contributed by atoms with E-state index in [2.05, 4.69) is 21.2 Å². The lowest BCUT2D eigenvalue weighted by Gasteiger charge is -2.10. The van der Waals surface area contributed by atoms with E-state index in [9.17, 15) is 9.18 Å². The van der Waals surface area contributed by atoms with Crippen LogP contribution in [0.1, 0.15) is 15.9 Å². The van der Waals surface area contributed by atoms with Crippen LogP contribution in [0.4, 0.5) is 10.1 Å². The fourth-order valence-electron chi connectivity index (χ4n) is 1.67. The Hall–Kier alpha value is -1.50. The van der Waals surface area contributed by atoms with Gasteiger partial charge in [-0.1, -0.05) is 29.9 Å². The van der Waals surface area contributed by atoms with Crippen molar-refractivity contribution in [3.8, 4) is 0 Å². The molecule has 21 heavy (non-hydrogen) atoms. The number of hydrogen-bond acceptors (Lipinski definition) is 2. The highest BCUT2D eigenvalue weighted by Crippen LogP contribution is 2.26. The molecule has 0 bridgehead atoms. The molecule has 0 aliphatic rings. The molecule has 3 nitrogen and oxygen atoms in total. The van der Waals surface area contributed by atoms with Gasteiger partial charge in [0.25, 0.3) is 5.91 Å². The Labute approximate surface area is 139 Å². The number of hydrogen-bond donors (Lipinski definition) is 2. The number of nitrogens with two attached hydrogens (primary N) is 1. The first-order chi connectivity index (χ1) is 9.90. The van der Waals surface area contributed by atoms with E-state index in [0.717, 1.165) is 0 Å². The lowest BCUT2D eigenvalue weighted by Crippen LogP contribution is -2.15. The second-order valence-electron chi connectivity index (χ2n) is 4.11. The molecule has 0 heterocycles. The average molecular weight is 388 g/mol. The predicted molar refractivity (Wildman–Crippen MR) is 89.4 cm³/mol. The summed E-state index contributed by atoms with van der Waals surface area (Å²) in [5.74, 6) is -1.23. The van der Waals surface area contributed by atoms with Crippen LogP contribution in [0.2, 0.25) is 5.02 Å². The third-order valence-electron chi connectivity index (χ3n) is 2.69. The Morgan fingerprint density at radius 1 is 1.33 bits per heavy atom. The number of anilines is 1. The number of rotatable bonds is 3. The van der Waals surface area contributed by atoms with Crippen molar-refractivity contribution in [2.45, 2.75) is 0 Å².